The SMILES string of the molecule is Cn1nc(C(F)(F)C(F)(F)F)c2c1CCN(C(=O)C[C@H](N)Cc1cc(F)ccc1F)C2. The summed E-state index contributed by atoms with van der Waals surface area (Å²) in [6.45, 7) is -0.409. The summed E-state index contributed by atoms with van der Waals surface area (Å²) in [5.74, 6) is -7.13. The lowest BCUT2D eigenvalue weighted by Gasteiger charge is -2.29. The summed E-state index contributed by atoms with van der Waals surface area (Å²) in [5.41, 5.74) is 4.25. The number of rotatable bonds is 5. The Hall–Kier alpha value is -2.63. The van der Waals surface area contributed by atoms with Gasteiger partial charge in [0.1, 0.15) is 17.3 Å². The Morgan fingerprint density at radius 1 is 1.23 bits per heavy atom. The highest BCUT2D eigenvalue weighted by Gasteiger charge is 2.62. The lowest BCUT2D eigenvalue weighted by molar-refractivity contribution is -0.291. The van der Waals surface area contributed by atoms with Crippen molar-refractivity contribution in [1.29, 1.82) is 0 Å². The Kier molecular flexibility index (Phi) is 6.05. The van der Waals surface area contributed by atoms with Gasteiger partial charge in [-0.05, 0) is 30.2 Å². The minimum absolute atomic E-state index is 0.0272. The first-order chi connectivity index (χ1) is 14.3. The number of hydrogen-bond donors (Lipinski definition) is 1. The number of carbonyl (C=O) groups excluding carboxylic acids is 1. The molecule has 170 valence electrons. The van der Waals surface area contributed by atoms with Crippen molar-refractivity contribution in [2.24, 2.45) is 12.8 Å². The van der Waals surface area contributed by atoms with E-state index in [1.807, 2.05) is 0 Å². The number of halogens is 7. The second kappa shape index (κ2) is 8.13. The van der Waals surface area contributed by atoms with Crippen LogP contribution in [0.25, 0.3) is 0 Å². The normalized spacial score (nSPS) is 15.7. The number of aryl methyl sites for hydroxylation is 1. The Morgan fingerprint density at radius 3 is 2.55 bits per heavy atom. The second-order valence-electron chi connectivity index (χ2n) is 7.44. The van der Waals surface area contributed by atoms with Crippen LogP contribution < -0.4 is 5.73 Å². The minimum Gasteiger partial charge on any atom is -0.338 e. The first-order valence-corrected chi connectivity index (χ1v) is 9.28. The molecule has 1 aliphatic rings. The number of aromatic nitrogens is 2. The van der Waals surface area contributed by atoms with Gasteiger partial charge in [-0.15, -0.1) is 0 Å². The molecule has 2 N–H and O–H groups in total. The smallest absolute Gasteiger partial charge is 0.338 e. The van der Waals surface area contributed by atoms with Crippen LogP contribution in [0.3, 0.4) is 0 Å². The number of nitrogens with zero attached hydrogens (tertiary/aromatic N) is 3. The molecule has 0 aliphatic carbocycles. The van der Waals surface area contributed by atoms with Gasteiger partial charge >= 0.3 is 12.1 Å². The van der Waals surface area contributed by atoms with Gasteiger partial charge in [-0.3, -0.25) is 9.48 Å². The molecule has 12 heteroatoms. The van der Waals surface area contributed by atoms with Crippen molar-refractivity contribution in [1.82, 2.24) is 14.7 Å². The van der Waals surface area contributed by atoms with E-state index < -0.39 is 47.9 Å². The average molecular weight is 452 g/mol. The van der Waals surface area contributed by atoms with Gasteiger partial charge in [0.2, 0.25) is 5.91 Å². The quantitative estimate of drug-likeness (QED) is 0.709. The predicted octanol–water partition coefficient (Wildman–Crippen LogP) is 3.20. The zero-order valence-corrected chi connectivity index (χ0v) is 16.3. The molecule has 0 saturated carbocycles. The lowest BCUT2D eigenvalue weighted by atomic mass is 9.99. The molecule has 1 atom stereocenters. The summed E-state index contributed by atoms with van der Waals surface area (Å²) in [7, 11) is 1.26. The fourth-order valence-corrected chi connectivity index (χ4v) is 3.60. The molecule has 31 heavy (non-hydrogen) atoms. The summed E-state index contributed by atoms with van der Waals surface area (Å²) in [4.78, 5) is 13.7. The summed E-state index contributed by atoms with van der Waals surface area (Å²) >= 11 is 0. The molecular weight excluding hydrogens is 433 g/mol. The number of alkyl halides is 5. The summed E-state index contributed by atoms with van der Waals surface area (Å²) < 4.78 is 94.4. The van der Waals surface area contributed by atoms with Crippen LogP contribution in [0.2, 0.25) is 0 Å². The van der Waals surface area contributed by atoms with Crippen LogP contribution in [0, 0.1) is 11.6 Å². The third-order valence-electron chi connectivity index (χ3n) is 5.18. The maximum Gasteiger partial charge on any atom is 0.459 e. The van der Waals surface area contributed by atoms with E-state index in [4.69, 9.17) is 5.73 Å². The average Bonchev–Trinajstić information content (AvgIpc) is 3.00. The van der Waals surface area contributed by atoms with Crippen molar-refractivity contribution in [3.05, 3.63) is 52.3 Å². The van der Waals surface area contributed by atoms with Gasteiger partial charge in [0.15, 0.2) is 0 Å². The van der Waals surface area contributed by atoms with Gasteiger partial charge in [0.25, 0.3) is 0 Å². The summed E-state index contributed by atoms with van der Waals surface area (Å²) in [6.07, 6.45) is -6.28. The van der Waals surface area contributed by atoms with Crippen LogP contribution in [-0.2, 0) is 37.2 Å². The van der Waals surface area contributed by atoms with Crippen LogP contribution in [0.4, 0.5) is 30.7 Å². The Bertz CT molecular complexity index is 986. The second-order valence-corrected chi connectivity index (χ2v) is 7.44. The zero-order chi connectivity index (χ0) is 23.1. The Balaban J connectivity index is 1.74. The molecule has 5 nitrogen and oxygen atoms in total. The van der Waals surface area contributed by atoms with Crippen molar-refractivity contribution in [2.45, 2.75) is 43.9 Å². The molecule has 0 spiro atoms. The molecule has 0 unspecified atom stereocenters. The third-order valence-corrected chi connectivity index (χ3v) is 5.18. The van der Waals surface area contributed by atoms with E-state index in [-0.39, 0.29) is 42.6 Å². The highest BCUT2D eigenvalue weighted by molar-refractivity contribution is 5.77. The molecule has 3 rings (SSSR count). The highest BCUT2D eigenvalue weighted by atomic mass is 19.4. The molecule has 0 fully saturated rings. The standard InChI is InChI=1S/C19H19F7N4O/c1-29-15-4-5-30(9-13(15)17(28-29)18(22,23)19(24,25)26)16(31)8-12(27)7-10-6-11(20)2-3-14(10)21/h2-3,6,12H,4-5,7-9,27H2,1H3/t12-/m1/s1. The van der Waals surface area contributed by atoms with Crippen molar-refractivity contribution < 1.29 is 35.5 Å². The largest absolute Gasteiger partial charge is 0.459 e. The van der Waals surface area contributed by atoms with Crippen LogP contribution in [0.5, 0.6) is 0 Å². The number of carbonyl (C=O) groups is 1. The number of nitrogens with two attached hydrogens (primary N) is 1. The summed E-state index contributed by atoms with van der Waals surface area (Å²) in [6, 6.07) is 1.91. The summed E-state index contributed by atoms with van der Waals surface area (Å²) in [5, 5.41) is 3.37. The van der Waals surface area contributed by atoms with E-state index in [9.17, 15) is 35.5 Å². The fraction of sp³-hybridized carbons (Fsp3) is 0.474. The predicted molar refractivity (Wildman–Crippen MR) is 94.9 cm³/mol. The van der Waals surface area contributed by atoms with Gasteiger partial charge in [0.05, 0.1) is 0 Å². The van der Waals surface area contributed by atoms with Gasteiger partial charge in [-0.1, -0.05) is 0 Å². The van der Waals surface area contributed by atoms with Gasteiger partial charge in [-0.2, -0.15) is 27.1 Å². The van der Waals surface area contributed by atoms with Gasteiger partial charge < -0.3 is 10.6 Å². The number of benzene rings is 1. The number of fused-ring (bicyclic) bond motifs is 1. The molecule has 2 heterocycles. The van der Waals surface area contributed by atoms with Crippen molar-refractivity contribution in [3.8, 4) is 0 Å². The molecule has 0 saturated heterocycles. The topological polar surface area (TPSA) is 64.2 Å². The molecule has 1 aromatic heterocycles. The lowest BCUT2D eigenvalue weighted by Crippen LogP contribution is -2.41. The van der Waals surface area contributed by atoms with Gasteiger partial charge in [-0.25, -0.2) is 8.78 Å². The molecule has 1 aliphatic heterocycles. The van der Waals surface area contributed by atoms with Crippen molar-refractivity contribution in [2.75, 3.05) is 6.54 Å². The van der Waals surface area contributed by atoms with E-state index >= 15 is 0 Å². The number of amides is 1. The molecule has 0 bridgehead atoms. The minimum atomic E-state index is -5.83. The van der Waals surface area contributed by atoms with Gasteiger partial charge in [0, 0.05) is 50.3 Å². The fourth-order valence-electron chi connectivity index (χ4n) is 3.60. The van der Waals surface area contributed by atoms with E-state index in [1.54, 1.807) is 0 Å². The maximum atomic E-state index is 13.9. The van der Waals surface area contributed by atoms with Crippen LogP contribution >= 0.6 is 0 Å². The molecule has 2 aromatic rings. The van der Waals surface area contributed by atoms with Crippen LogP contribution in [0.1, 0.15) is 28.9 Å². The van der Waals surface area contributed by atoms with Crippen LogP contribution in [-0.4, -0.2) is 39.4 Å². The first kappa shape index (κ1) is 23.0. The first-order valence-electron chi connectivity index (χ1n) is 9.28. The zero-order valence-electron chi connectivity index (χ0n) is 16.3. The Labute approximate surface area is 172 Å². The van der Waals surface area contributed by atoms with E-state index in [2.05, 4.69) is 5.10 Å². The number of hydrogen-bond acceptors (Lipinski definition) is 3. The van der Waals surface area contributed by atoms with Crippen molar-refractivity contribution >= 4 is 5.91 Å². The van der Waals surface area contributed by atoms with E-state index in [0.29, 0.717) is 0 Å². The van der Waals surface area contributed by atoms with Crippen molar-refractivity contribution in [3.63, 3.8) is 0 Å². The Morgan fingerprint density at radius 2 is 1.90 bits per heavy atom. The third kappa shape index (κ3) is 4.53. The van der Waals surface area contributed by atoms with Crippen LogP contribution in [0.15, 0.2) is 18.2 Å². The van der Waals surface area contributed by atoms with E-state index in [0.717, 1.165) is 27.8 Å². The van der Waals surface area contributed by atoms with E-state index in [1.165, 1.54) is 7.05 Å². The molecule has 1 aromatic carbocycles. The maximum absolute atomic E-state index is 13.9. The highest BCUT2D eigenvalue weighted by Crippen LogP contribution is 2.45. The monoisotopic (exact) mass is 452 g/mol. The molecule has 0 radical (unpaired) electrons. The molecule has 1 amide bonds. The molecular formula is C19H19F7N4O.